The van der Waals surface area contributed by atoms with E-state index in [1.54, 1.807) is 5.57 Å². The molecule has 2 aromatic rings. The van der Waals surface area contributed by atoms with Crippen LogP contribution in [0.2, 0.25) is 0 Å². The van der Waals surface area contributed by atoms with Crippen molar-refractivity contribution in [1.29, 1.82) is 0 Å². The molecule has 2 aromatic carbocycles. The van der Waals surface area contributed by atoms with Crippen LogP contribution in [-0.4, -0.2) is 53.7 Å². The van der Waals surface area contributed by atoms with Gasteiger partial charge in [0.1, 0.15) is 0 Å². The Hall–Kier alpha value is -1.94. The van der Waals surface area contributed by atoms with Crippen molar-refractivity contribution in [1.82, 2.24) is 9.80 Å². The number of hydrogen-bond donors (Lipinski definition) is 1. The van der Waals surface area contributed by atoms with E-state index in [-0.39, 0.29) is 6.10 Å². The topological polar surface area (TPSA) is 26.7 Å². The molecule has 2 fully saturated rings. The number of allylic oxidation sites excluding steroid dienone is 1. The van der Waals surface area contributed by atoms with E-state index >= 15 is 0 Å². The van der Waals surface area contributed by atoms with Gasteiger partial charge in [0.15, 0.2) is 0 Å². The maximum Gasteiger partial charge on any atom is 0.0679 e. The van der Waals surface area contributed by atoms with Gasteiger partial charge in [0.05, 0.1) is 6.10 Å². The highest BCUT2D eigenvalue weighted by Crippen LogP contribution is 2.43. The summed E-state index contributed by atoms with van der Waals surface area (Å²) >= 11 is 0. The lowest BCUT2D eigenvalue weighted by Crippen LogP contribution is -2.24. The van der Waals surface area contributed by atoms with Gasteiger partial charge in [0.25, 0.3) is 0 Å². The van der Waals surface area contributed by atoms with Crippen molar-refractivity contribution in [3.05, 3.63) is 77.4 Å². The first-order valence-electron chi connectivity index (χ1n) is 11.2. The van der Waals surface area contributed by atoms with Gasteiger partial charge in [-0.1, -0.05) is 60.7 Å². The van der Waals surface area contributed by atoms with Crippen LogP contribution in [0.25, 0.3) is 5.57 Å². The lowest BCUT2D eigenvalue weighted by Gasteiger charge is -2.18. The summed E-state index contributed by atoms with van der Waals surface area (Å²) in [6.45, 7) is 6.41. The van der Waals surface area contributed by atoms with Gasteiger partial charge < -0.3 is 10.0 Å². The highest BCUT2D eigenvalue weighted by atomic mass is 16.3. The highest BCUT2D eigenvalue weighted by molar-refractivity contribution is 5.70. The van der Waals surface area contributed by atoms with Crippen LogP contribution in [0.3, 0.4) is 0 Å². The van der Waals surface area contributed by atoms with Crippen LogP contribution in [-0.2, 0) is 13.0 Å². The van der Waals surface area contributed by atoms with Crippen molar-refractivity contribution < 1.29 is 5.11 Å². The Morgan fingerprint density at radius 1 is 0.862 bits per heavy atom. The molecule has 2 aliphatic heterocycles. The minimum atomic E-state index is -0.118. The van der Waals surface area contributed by atoms with Crippen LogP contribution in [0, 0.1) is 11.8 Å². The second kappa shape index (κ2) is 8.43. The molecule has 1 N–H and O–H groups in total. The molecule has 0 saturated carbocycles. The summed E-state index contributed by atoms with van der Waals surface area (Å²) in [5.74, 6) is 1.48. The molecule has 152 valence electrons. The predicted molar refractivity (Wildman–Crippen MR) is 119 cm³/mol. The normalized spacial score (nSPS) is 27.3. The van der Waals surface area contributed by atoms with Gasteiger partial charge in [0, 0.05) is 45.2 Å². The largest absolute Gasteiger partial charge is 0.392 e. The minimum absolute atomic E-state index is 0.118. The third-order valence-electron chi connectivity index (χ3n) is 7.06. The van der Waals surface area contributed by atoms with Crippen molar-refractivity contribution in [2.45, 2.75) is 31.9 Å². The molecule has 3 nitrogen and oxygen atoms in total. The molecule has 0 aromatic heterocycles. The standard InChI is InChI=1S/C26H32N2O/c29-24-13-15-27(18-24)14-12-20-6-8-22(9-7-20)25-11-10-23-17-28(19-26(23)25)16-21-4-2-1-3-5-21/h1-9,11,23-24,26,29H,10,12-19H2/t23?,24-,26?/m0/s1. The number of likely N-dealkylation sites (tertiary alicyclic amines) is 2. The first-order valence-corrected chi connectivity index (χ1v) is 11.2. The lowest BCUT2D eigenvalue weighted by molar-refractivity contribution is 0.177. The minimum Gasteiger partial charge on any atom is -0.392 e. The number of aliphatic hydroxyl groups is 1. The smallest absolute Gasteiger partial charge is 0.0679 e. The number of β-amino-alcohol motifs (C(OH)–C–C–N with tert-alkyl or cyclic N) is 1. The molecule has 2 heterocycles. The average molecular weight is 389 g/mol. The first kappa shape index (κ1) is 19.0. The number of fused-ring (bicyclic) bond motifs is 1. The molecule has 29 heavy (non-hydrogen) atoms. The summed E-state index contributed by atoms with van der Waals surface area (Å²) in [5, 5.41) is 9.68. The zero-order valence-corrected chi connectivity index (χ0v) is 17.2. The zero-order chi connectivity index (χ0) is 19.6. The van der Waals surface area contributed by atoms with Gasteiger partial charge in [-0.05, 0) is 47.4 Å². The fourth-order valence-electron chi connectivity index (χ4n) is 5.45. The van der Waals surface area contributed by atoms with Gasteiger partial charge >= 0.3 is 0 Å². The molecule has 3 atom stereocenters. The Balaban J connectivity index is 1.18. The quantitative estimate of drug-likeness (QED) is 0.815. The molecule has 5 rings (SSSR count). The second-order valence-electron chi connectivity index (χ2n) is 9.13. The molecular weight excluding hydrogens is 356 g/mol. The van der Waals surface area contributed by atoms with Crippen LogP contribution in [0.4, 0.5) is 0 Å². The molecule has 2 unspecified atom stereocenters. The zero-order valence-electron chi connectivity index (χ0n) is 17.2. The molecule has 3 aliphatic rings. The molecule has 0 amide bonds. The summed E-state index contributed by atoms with van der Waals surface area (Å²) in [6.07, 6.45) is 5.60. The summed E-state index contributed by atoms with van der Waals surface area (Å²) in [7, 11) is 0. The summed E-state index contributed by atoms with van der Waals surface area (Å²) in [5.41, 5.74) is 5.81. The van der Waals surface area contributed by atoms with E-state index in [2.05, 4.69) is 70.5 Å². The fourth-order valence-corrected chi connectivity index (χ4v) is 5.45. The van der Waals surface area contributed by atoms with E-state index in [0.717, 1.165) is 44.9 Å². The Morgan fingerprint density at radius 3 is 2.45 bits per heavy atom. The Labute approximate surface area is 174 Å². The molecular formula is C26H32N2O. The third-order valence-corrected chi connectivity index (χ3v) is 7.06. The van der Waals surface area contributed by atoms with Gasteiger partial charge in [-0.2, -0.15) is 0 Å². The van der Waals surface area contributed by atoms with E-state index in [4.69, 9.17) is 0 Å². The summed E-state index contributed by atoms with van der Waals surface area (Å²) in [6, 6.07) is 20.2. The monoisotopic (exact) mass is 388 g/mol. The first-order chi connectivity index (χ1) is 14.2. The number of nitrogens with zero attached hydrogens (tertiary/aromatic N) is 2. The van der Waals surface area contributed by atoms with Crippen LogP contribution in [0.15, 0.2) is 60.7 Å². The SMILES string of the molecule is O[C@H]1CCN(CCc2ccc(C3=CCC4CN(Cc5ccccc5)CC34)cc2)C1. The van der Waals surface area contributed by atoms with Crippen molar-refractivity contribution in [2.24, 2.45) is 11.8 Å². The van der Waals surface area contributed by atoms with Crippen molar-refractivity contribution >= 4 is 5.57 Å². The van der Waals surface area contributed by atoms with E-state index in [9.17, 15) is 5.11 Å². The highest BCUT2D eigenvalue weighted by Gasteiger charge is 2.38. The van der Waals surface area contributed by atoms with Crippen LogP contribution >= 0.6 is 0 Å². The van der Waals surface area contributed by atoms with E-state index in [1.165, 1.54) is 36.2 Å². The second-order valence-corrected chi connectivity index (χ2v) is 9.13. The van der Waals surface area contributed by atoms with Gasteiger partial charge in [-0.15, -0.1) is 0 Å². The van der Waals surface area contributed by atoms with Gasteiger partial charge in [-0.25, -0.2) is 0 Å². The lowest BCUT2D eigenvalue weighted by atomic mass is 9.90. The maximum atomic E-state index is 9.68. The summed E-state index contributed by atoms with van der Waals surface area (Å²) < 4.78 is 0. The molecule has 2 saturated heterocycles. The Morgan fingerprint density at radius 2 is 1.69 bits per heavy atom. The number of benzene rings is 2. The summed E-state index contributed by atoms with van der Waals surface area (Å²) in [4.78, 5) is 5.01. The number of hydrogen-bond acceptors (Lipinski definition) is 3. The Bertz CT molecular complexity index is 845. The van der Waals surface area contributed by atoms with E-state index in [1.807, 2.05) is 0 Å². The molecule has 1 aliphatic carbocycles. The average Bonchev–Trinajstić information content (AvgIpc) is 3.43. The maximum absolute atomic E-state index is 9.68. The van der Waals surface area contributed by atoms with E-state index < -0.39 is 0 Å². The third kappa shape index (κ3) is 4.32. The van der Waals surface area contributed by atoms with Crippen molar-refractivity contribution in [3.63, 3.8) is 0 Å². The fraction of sp³-hybridized carbons (Fsp3) is 0.462. The van der Waals surface area contributed by atoms with Crippen LogP contribution < -0.4 is 0 Å². The van der Waals surface area contributed by atoms with Crippen LogP contribution in [0.1, 0.15) is 29.5 Å². The van der Waals surface area contributed by atoms with Crippen LogP contribution in [0.5, 0.6) is 0 Å². The van der Waals surface area contributed by atoms with Gasteiger partial charge in [0.2, 0.25) is 0 Å². The van der Waals surface area contributed by atoms with Crippen molar-refractivity contribution in [2.75, 3.05) is 32.7 Å². The Kier molecular flexibility index (Phi) is 5.54. The van der Waals surface area contributed by atoms with Gasteiger partial charge in [-0.3, -0.25) is 4.90 Å². The predicted octanol–water partition coefficient (Wildman–Crippen LogP) is 3.83. The van der Waals surface area contributed by atoms with Crippen molar-refractivity contribution in [3.8, 4) is 0 Å². The molecule has 0 spiro atoms. The molecule has 0 radical (unpaired) electrons. The van der Waals surface area contributed by atoms with E-state index in [0.29, 0.717) is 5.92 Å². The number of aliphatic hydroxyl groups excluding tert-OH is 1. The molecule has 3 heteroatoms. The molecule has 0 bridgehead atoms. The number of rotatable bonds is 6.